The summed E-state index contributed by atoms with van der Waals surface area (Å²) in [4.78, 5) is 37.1. The maximum atomic E-state index is 12.5. The first-order chi connectivity index (χ1) is 15.8. The maximum Gasteiger partial charge on any atom is 0.343 e. The van der Waals surface area contributed by atoms with Gasteiger partial charge in [-0.25, -0.2) is 10.2 Å². The van der Waals surface area contributed by atoms with Gasteiger partial charge in [-0.3, -0.25) is 9.59 Å². The molecule has 3 aromatic rings. The second kappa shape index (κ2) is 10.4. The summed E-state index contributed by atoms with van der Waals surface area (Å²) in [5, 5.41) is 6.63. The van der Waals surface area contributed by atoms with Gasteiger partial charge in [-0.2, -0.15) is 5.10 Å². The summed E-state index contributed by atoms with van der Waals surface area (Å²) >= 11 is 0. The van der Waals surface area contributed by atoms with E-state index in [1.807, 2.05) is 51.1 Å². The lowest BCUT2D eigenvalue weighted by Crippen LogP contribution is -2.33. The smallest absolute Gasteiger partial charge is 0.343 e. The molecule has 168 valence electrons. The van der Waals surface area contributed by atoms with Crippen LogP contribution in [0.25, 0.3) is 0 Å². The molecule has 0 aliphatic heterocycles. The summed E-state index contributed by atoms with van der Waals surface area (Å²) in [6.45, 7) is 7.26. The Labute approximate surface area is 192 Å². The molecule has 0 radical (unpaired) electrons. The maximum absolute atomic E-state index is 12.5. The van der Waals surface area contributed by atoms with E-state index in [0.717, 1.165) is 16.7 Å². The average Bonchev–Trinajstić information content (AvgIpc) is 2.80. The highest BCUT2D eigenvalue weighted by atomic mass is 16.5. The van der Waals surface area contributed by atoms with Gasteiger partial charge in [-0.1, -0.05) is 48.0 Å². The number of benzene rings is 3. The lowest BCUT2D eigenvalue weighted by Gasteiger charge is -2.11. The first kappa shape index (κ1) is 23.4. The molecule has 0 unspecified atom stereocenters. The van der Waals surface area contributed by atoms with Gasteiger partial charge in [-0.15, -0.1) is 0 Å². The molecule has 0 atom stereocenters. The minimum atomic E-state index is -0.911. The van der Waals surface area contributed by atoms with Crippen molar-refractivity contribution in [3.05, 3.63) is 94.5 Å². The van der Waals surface area contributed by atoms with Gasteiger partial charge in [0, 0.05) is 11.3 Å². The Hall–Kier alpha value is -4.26. The Morgan fingerprint density at radius 3 is 2.09 bits per heavy atom. The molecule has 3 aromatic carbocycles. The van der Waals surface area contributed by atoms with Crippen molar-refractivity contribution in [2.75, 3.05) is 5.32 Å². The number of nitrogens with zero attached hydrogens (tertiary/aromatic N) is 1. The minimum Gasteiger partial charge on any atom is -0.422 e. The number of nitrogens with one attached hydrogen (secondary N) is 2. The van der Waals surface area contributed by atoms with Crippen molar-refractivity contribution in [3.8, 4) is 5.75 Å². The van der Waals surface area contributed by atoms with Crippen LogP contribution in [-0.4, -0.2) is 23.5 Å². The number of ether oxygens (including phenoxy) is 1. The number of hydrogen-bond acceptors (Lipinski definition) is 5. The molecule has 0 saturated carbocycles. The molecule has 7 nitrogen and oxygen atoms in total. The van der Waals surface area contributed by atoms with Gasteiger partial charge in [0.25, 0.3) is 0 Å². The van der Waals surface area contributed by atoms with Gasteiger partial charge >= 0.3 is 17.8 Å². The first-order valence-corrected chi connectivity index (χ1v) is 10.4. The van der Waals surface area contributed by atoms with Crippen LogP contribution in [0.15, 0.2) is 71.8 Å². The predicted molar refractivity (Wildman–Crippen MR) is 127 cm³/mol. The highest BCUT2D eigenvalue weighted by Gasteiger charge is 2.17. The zero-order valence-corrected chi connectivity index (χ0v) is 18.9. The monoisotopic (exact) mass is 443 g/mol. The lowest BCUT2D eigenvalue weighted by molar-refractivity contribution is -0.136. The molecule has 0 bridgehead atoms. The van der Waals surface area contributed by atoms with Crippen LogP contribution in [0.4, 0.5) is 5.69 Å². The van der Waals surface area contributed by atoms with Crippen molar-refractivity contribution < 1.29 is 19.1 Å². The quantitative estimate of drug-likeness (QED) is 0.202. The summed E-state index contributed by atoms with van der Waals surface area (Å²) in [5.74, 6) is -1.96. The van der Waals surface area contributed by atoms with Crippen LogP contribution >= 0.6 is 0 Å². The number of carbonyl (C=O) groups excluding carboxylic acids is 3. The van der Waals surface area contributed by atoms with Crippen LogP contribution in [0.5, 0.6) is 5.75 Å². The number of carbonyl (C=O) groups is 3. The Kier molecular flexibility index (Phi) is 7.35. The van der Waals surface area contributed by atoms with Gasteiger partial charge in [0.2, 0.25) is 0 Å². The molecule has 0 heterocycles. The average molecular weight is 444 g/mol. The molecule has 0 aliphatic carbocycles. The Morgan fingerprint density at radius 2 is 1.42 bits per heavy atom. The van der Waals surface area contributed by atoms with Crippen molar-refractivity contribution in [2.45, 2.75) is 27.7 Å². The Morgan fingerprint density at radius 1 is 0.788 bits per heavy atom. The normalized spacial score (nSPS) is 11.0. The number of para-hydroxylation sites is 2. The summed E-state index contributed by atoms with van der Waals surface area (Å²) < 4.78 is 5.54. The highest BCUT2D eigenvalue weighted by molar-refractivity contribution is 6.39. The summed E-state index contributed by atoms with van der Waals surface area (Å²) in [5.41, 5.74) is 6.87. The van der Waals surface area contributed by atoms with Crippen LogP contribution in [0, 0.1) is 20.8 Å². The molecule has 33 heavy (non-hydrogen) atoms. The standard InChI is InChI=1S/C26H25N3O4/c1-16-12-14-20(15-13-16)26(32)33-22-11-6-5-10-21(22)19(4)28-29-25(31)24(30)27-23-17(2)8-7-9-18(23)3/h5-15H,1-4H3,(H,27,30)(H,29,31)/b28-19+. The number of rotatable bonds is 5. The molecule has 0 aromatic heterocycles. The minimum absolute atomic E-state index is 0.290. The number of esters is 1. The first-order valence-electron chi connectivity index (χ1n) is 10.4. The fourth-order valence-corrected chi connectivity index (χ4v) is 3.13. The summed E-state index contributed by atoms with van der Waals surface area (Å²) in [7, 11) is 0. The molecular formula is C26H25N3O4. The second-order valence-electron chi connectivity index (χ2n) is 7.61. The van der Waals surface area contributed by atoms with Crippen LogP contribution in [0.2, 0.25) is 0 Å². The summed E-state index contributed by atoms with van der Waals surface area (Å²) in [6.07, 6.45) is 0. The number of anilines is 1. The Balaban J connectivity index is 1.70. The molecule has 0 fully saturated rings. The van der Waals surface area contributed by atoms with Crippen molar-refractivity contribution >= 4 is 29.2 Å². The molecule has 0 saturated heterocycles. The second-order valence-corrected chi connectivity index (χ2v) is 7.61. The number of hydrogen-bond donors (Lipinski definition) is 2. The highest BCUT2D eigenvalue weighted by Crippen LogP contribution is 2.21. The summed E-state index contributed by atoms with van der Waals surface area (Å²) in [6, 6.07) is 19.4. The molecule has 0 spiro atoms. The molecule has 2 N–H and O–H groups in total. The van der Waals surface area contributed by atoms with Gasteiger partial charge in [-0.05, 0) is 63.1 Å². The van der Waals surface area contributed by atoms with Crippen LogP contribution in [0.3, 0.4) is 0 Å². The zero-order valence-electron chi connectivity index (χ0n) is 18.9. The molecule has 3 rings (SSSR count). The van der Waals surface area contributed by atoms with Crippen LogP contribution in [0.1, 0.15) is 39.5 Å². The largest absolute Gasteiger partial charge is 0.422 e. The van der Waals surface area contributed by atoms with Crippen LogP contribution in [-0.2, 0) is 9.59 Å². The van der Waals surface area contributed by atoms with Crippen LogP contribution < -0.4 is 15.5 Å². The third kappa shape index (κ3) is 5.92. The van der Waals surface area contributed by atoms with Crippen molar-refractivity contribution in [1.29, 1.82) is 0 Å². The number of amides is 2. The van der Waals surface area contributed by atoms with E-state index < -0.39 is 17.8 Å². The molecule has 2 amide bonds. The van der Waals surface area contributed by atoms with Crippen molar-refractivity contribution in [1.82, 2.24) is 5.43 Å². The molecular weight excluding hydrogens is 418 g/mol. The van der Waals surface area contributed by atoms with E-state index in [1.54, 1.807) is 43.3 Å². The van der Waals surface area contributed by atoms with Gasteiger partial charge in [0.15, 0.2) is 0 Å². The third-order valence-electron chi connectivity index (χ3n) is 5.02. The van der Waals surface area contributed by atoms with Crippen molar-refractivity contribution in [2.24, 2.45) is 5.10 Å². The number of aryl methyl sites for hydroxylation is 3. The van der Waals surface area contributed by atoms with E-state index in [4.69, 9.17) is 4.74 Å². The topological polar surface area (TPSA) is 96.9 Å². The van der Waals surface area contributed by atoms with E-state index in [2.05, 4.69) is 15.8 Å². The lowest BCUT2D eigenvalue weighted by atomic mass is 10.1. The van der Waals surface area contributed by atoms with E-state index >= 15 is 0 Å². The van der Waals surface area contributed by atoms with Crippen molar-refractivity contribution in [3.63, 3.8) is 0 Å². The van der Waals surface area contributed by atoms with Gasteiger partial charge in [0.1, 0.15) is 5.75 Å². The van der Waals surface area contributed by atoms with E-state index in [1.165, 1.54) is 0 Å². The molecule has 7 heteroatoms. The molecule has 0 aliphatic rings. The zero-order chi connectivity index (χ0) is 24.0. The van der Waals surface area contributed by atoms with E-state index in [0.29, 0.717) is 28.3 Å². The number of hydrazone groups is 1. The van der Waals surface area contributed by atoms with E-state index in [-0.39, 0.29) is 0 Å². The third-order valence-corrected chi connectivity index (χ3v) is 5.02. The van der Waals surface area contributed by atoms with Gasteiger partial charge in [0.05, 0.1) is 11.3 Å². The van der Waals surface area contributed by atoms with E-state index in [9.17, 15) is 14.4 Å². The fourth-order valence-electron chi connectivity index (χ4n) is 3.13. The SMILES string of the molecule is C/C(=N\NC(=O)C(=O)Nc1c(C)cccc1C)c1ccccc1OC(=O)c1ccc(C)cc1. The fraction of sp³-hybridized carbons (Fsp3) is 0.154. The van der Waals surface area contributed by atoms with Gasteiger partial charge < -0.3 is 10.1 Å². The predicted octanol–water partition coefficient (Wildman–Crippen LogP) is 4.31. The Bertz CT molecular complexity index is 1210.